The maximum Gasteiger partial charge on any atom is 0.129 e. The zero-order chi connectivity index (χ0) is 13.5. The molecular formula is C14H20ClN3. The highest BCUT2D eigenvalue weighted by Crippen LogP contribution is 2.18. The summed E-state index contributed by atoms with van der Waals surface area (Å²) in [5.74, 6) is 4.05. The first-order valence-electron chi connectivity index (χ1n) is 6.05. The van der Waals surface area contributed by atoms with E-state index in [0.29, 0.717) is 24.0 Å². The minimum atomic E-state index is 0.535. The lowest BCUT2D eigenvalue weighted by Crippen LogP contribution is -2.22. The molecule has 1 aromatic rings. The van der Waals surface area contributed by atoms with Crippen molar-refractivity contribution in [3.63, 3.8) is 0 Å². The van der Waals surface area contributed by atoms with Crippen LogP contribution in [0.25, 0.3) is 0 Å². The number of halogens is 1. The van der Waals surface area contributed by atoms with Crippen LogP contribution >= 0.6 is 11.6 Å². The Balaban J connectivity index is 2.72. The van der Waals surface area contributed by atoms with Crippen molar-refractivity contribution in [2.24, 2.45) is 5.92 Å². The summed E-state index contributed by atoms with van der Waals surface area (Å²) in [6.45, 7) is 6.49. The first kappa shape index (κ1) is 14.8. The molecule has 1 heterocycles. The molecule has 1 rings (SSSR count). The highest BCUT2D eigenvalue weighted by molar-refractivity contribution is 6.31. The van der Waals surface area contributed by atoms with E-state index >= 15 is 0 Å². The molecule has 0 fully saturated rings. The third kappa shape index (κ3) is 4.56. The van der Waals surface area contributed by atoms with Crippen molar-refractivity contribution < 1.29 is 0 Å². The fraction of sp³-hybridized carbons (Fsp3) is 0.500. The van der Waals surface area contributed by atoms with Crippen LogP contribution in [0.3, 0.4) is 0 Å². The largest absolute Gasteiger partial charge is 0.349 e. The summed E-state index contributed by atoms with van der Waals surface area (Å²) < 4.78 is 0. The van der Waals surface area contributed by atoms with Crippen LogP contribution in [0.2, 0.25) is 5.02 Å². The molecule has 0 bridgehead atoms. The van der Waals surface area contributed by atoms with Gasteiger partial charge in [0.1, 0.15) is 5.82 Å². The molecular weight excluding hydrogens is 246 g/mol. The first-order chi connectivity index (χ1) is 8.54. The van der Waals surface area contributed by atoms with Crippen LogP contribution in [0.5, 0.6) is 0 Å². The Bertz CT molecular complexity index is 424. The van der Waals surface area contributed by atoms with Crippen molar-refractivity contribution in [3.05, 3.63) is 22.8 Å². The molecule has 0 spiro atoms. The zero-order valence-corrected chi connectivity index (χ0v) is 12.0. The Labute approximate surface area is 115 Å². The first-order valence-corrected chi connectivity index (χ1v) is 6.43. The van der Waals surface area contributed by atoms with E-state index in [1.165, 1.54) is 0 Å². The van der Waals surface area contributed by atoms with Gasteiger partial charge in [-0.05, 0) is 24.6 Å². The maximum atomic E-state index is 6.13. The lowest BCUT2D eigenvalue weighted by Gasteiger charge is -2.16. The van der Waals surface area contributed by atoms with Gasteiger partial charge in [0.2, 0.25) is 0 Å². The minimum absolute atomic E-state index is 0.535. The van der Waals surface area contributed by atoms with E-state index in [2.05, 4.69) is 30.1 Å². The molecule has 0 amide bonds. The van der Waals surface area contributed by atoms with Crippen LogP contribution in [-0.4, -0.2) is 25.1 Å². The molecule has 18 heavy (non-hydrogen) atoms. The van der Waals surface area contributed by atoms with Crippen LogP contribution in [0.1, 0.15) is 19.5 Å². The van der Waals surface area contributed by atoms with Gasteiger partial charge in [0.25, 0.3) is 0 Å². The Morgan fingerprint density at radius 3 is 2.83 bits per heavy atom. The number of terminal acetylenes is 1. The molecule has 0 aliphatic rings. The quantitative estimate of drug-likeness (QED) is 0.802. The Morgan fingerprint density at radius 1 is 1.50 bits per heavy atom. The van der Waals surface area contributed by atoms with Gasteiger partial charge in [0.05, 0.1) is 17.3 Å². The Kier molecular flexibility index (Phi) is 5.97. The lowest BCUT2D eigenvalue weighted by molar-refractivity contribution is 0.548. The number of rotatable bonds is 6. The molecule has 0 atom stereocenters. The molecule has 0 saturated carbocycles. The molecule has 98 valence electrons. The van der Waals surface area contributed by atoms with E-state index in [1.807, 2.05) is 24.1 Å². The normalized spacial score (nSPS) is 10.4. The van der Waals surface area contributed by atoms with Crippen molar-refractivity contribution in [2.45, 2.75) is 20.4 Å². The van der Waals surface area contributed by atoms with E-state index in [9.17, 15) is 0 Å². The van der Waals surface area contributed by atoms with Crippen LogP contribution in [-0.2, 0) is 6.54 Å². The SMILES string of the molecule is C#CCN(C)c1ccc(Cl)c(CNCC(C)C)n1. The standard InChI is InChI=1S/C14H20ClN3/c1-5-8-18(4)14-7-6-12(15)13(17-14)10-16-9-11(2)3/h1,6-7,11,16H,8-10H2,2-4H3. The van der Waals surface area contributed by atoms with E-state index in [-0.39, 0.29) is 0 Å². The van der Waals surface area contributed by atoms with Crippen LogP contribution in [0.4, 0.5) is 5.82 Å². The molecule has 4 heteroatoms. The number of aromatic nitrogens is 1. The molecule has 0 aliphatic heterocycles. The number of nitrogens with one attached hydrogen (secondary N) is 1. The molecule has 0 aromatic carbocycles. The van der Waals surface area contributed by atoms with Crippen LogP contribution in [0.15, 0.2) is 12.1 Å². The fourth-order valence-corrected chi connectivity index (χ4v) is 1.68. The van der Waals surface area contributed by atoms with Gasteiger partial charge in [-0.1, -0.05) is 31.4 Å². The number of pyridine rings is 1. The van der Waals surface area contributed by atoms with Crippen molar-refractivity contribution >= 4 is 17.4 Å². The average Bonchev–Trinajstić information content (AvgIpc) is 2.31. The van der Waals surface area contributed by atoms with Gasteiger partial charge in [0.15, 0.2) is 0 Å². The molecule has 0 aliphatic carbocycles. The summed E-state index contributed by atoms with van der Waals surface area (Å²) in [7, 11) is 1.92. The van der Waals surface area contributed by atoms with Gasteiger partial charge in [-0.15, -0.1) is 6.42 Å². The van der Waals surface area contributed by atoms with Crippen LogP contribution < -0.4 is 10.2 Å². The van der Waals surface area contributed by atoms with Crippen LogP contribution in [0, 0.1) is 18.3 Å². The van der Waals surface area contributed by atoms with E-state index in [0.717, 1.165) is 18.1 Å². The Morgan fingerprint density at radius 2 is 2.22 bits per heavy atom. The summed E-state index contributed by atoms with van der Waals surface area (Å²) in [5.41, 5.74) is 0.860. The van der Waals surface area contributed by atoms with Gasteiger partial charge in [0, 0.05) is 13.6 Å². The predicted molar refractivity (Wildman–Crippen MR) is 77.9 cm³/mol. The second kappa shape index (κ2) is 7.25. The van der Waals surface area contributed by atoms with Gasteiger partial charge in [-0.3, -0.25) is 0 Å². The second-order valence-electron chi connectivity index (χ2n) is 4.68. The summed E-state index contributed by atoms with van der Waals surface area (Å²) in [5, 5.41) is 4.02. The van der Waals surface area contributed by atoms with E-state index in [1.54, 1.807) is 0 Å². The minimum Gasteiger partial charge on any atom is -0.349 e. The summed E-state index contributed by atoms with van der Waals surface area (Å²) in [6.07, 6.45) is 5.29. The van der Waals surface area contributed by atoms with Gasteiger partial charge in [-0.25, -0.2) is 4.98 Å². The third-order valence-electron chi connectivity index (χ3n) is 2.47. The van der Waals surface area contributed by atoms with Crippen molar-refractivity contribution in [1.82, 2.24) is 10.3 Å². The van der Waals surface area contributed by atoms with Gasteiger partial charge in [-0.2, -0.15) is 0 Å². The highest BCUT2D eigenvalue weighted by atomic mass is 35.5. The molecule has 3 nitrogen and oxygen atoms in total. The second-order valence-corrected chi connectivity index (χ2v) is 5.09. The summed E-state index contributed by atoms with van der Waals surface area (Å²) in [6, 6.07) is 3.74. The number of hydrogen-bond donors (Lipinski definition) is 1. The van der Waals surface area contributed by atoms with Crippen molar-refractivity contribution in [3.8, 4) is 12.3 Å². The average molecular weight is 266 g/mol. The topological polar surface area (TPSA) is 28.2 Å². The Hall–Kier alpha value is -1.24. The molecule has 1 N–H and O–H groups in total. The number of hydrogen-bond acceptors (Lipinski definition) is 3. The van der Waals surface area contributed by atoms with E-state index in [4.69, 9.17) is 18.0 Å². The van der Waals surface area contributed by atoms with Crippen molar-refractivity contribution in [2.75, 3.05) is 25.0 Å². The third-order valence-corrected chi connectivity index (χ3v) is 2.81. The highest BCUT2D eigenvalue weighted by Gasteiger charge is 2.07. The molecule has 0 unspecified atom stereocenters. The van der Waals surface area contributed by atoms with Gasteiger partial charge < -0.3 is 10.2 Å². The number of anilines is 1. The fourth-order valence-electron chi connectivity index (χ4n) is 1.51. The monoisotopic (exact) mass is 265 g/mol. The summed E-state index contributed by atoms with van der Waals surface area (Å²) >= 11 is 6.13. The summed E-state index contributed by atoms with van der Waals surface area (Å²) in [4.78, 5) is 6.44. The predicted octanol–water partition coefficient (Wildman–Crippen LogP) is 2.55. The molecule has 1 aromatic heterocycles. The lowest BCUT2D eigenvalue weighted by atomic mass is 10.2. The molecule has 0 saturated heterocycles. The smallest absolute Gasteiger partial charge is 0.129 e. The zero-order valence-electron chi connectivity index (χ0n) is 11.2. The maximum absolute atomic E-state index is 6.13. The van der Waals surface area contributed by atoms with E-state index < -0.39 is 0 Å². The number of nitrogens with zero attached hydrogens (tertiary/aromatic N) is 2. The van der Waals surface area contributed by atoms with Gasteiger partial charge >= 0.3 is 0 Å². The molecule has 0 radical (unpaired) electrons. The van der Waals surface area contributed by atoms with Crippen molar-refractivity contribution in [1.29, 1.82) is 0 Å².